The molecule has 0 aliphatic carbocycles. The van der Waals surface area contributed by atoms with Crippen molar-refractivity contribution in [2.75, 3.05) is 0 Å². The number of fused-ring (bicyclic) bond motifs is 1. The van der Waals surface area contributed by atoms with Gasteiger partial charge in [0.1, 0.15) is 11.3 Å². The first-order valence-electron chi connectivity index (χ1n) is 13.3. The lowest BCUT2D eigenvalue weighted by atomic mass is 9.98. The van der Waals surface area contributed by atoms with Crippen molar-refractivity contribution in [2.24, 2.45) is 0 Å². The van der Waals surface area contributed by atoms with Crippen LogP contribution in [-0.4, -0.2) is 34.7 Å². The molecule has 8 heteroatoms. The summed E-state index contributed by atoms with van der Waals surface area (Å²) >= 11 is 0. The van der Waals surface area contributed by atoms with Crippen LogP contribution in [0.1, 0.15) is 36.7 Å². The first-order valence-corrected chi connectivity index (χ1v) is 13.3. The minimum Gasteiger partial charge on any atom is -0.319 e. The number of rotatable bonds is 9. The molecule has 0 atom stereocenters. The first-order chi connectivity index (χ1) is 19.2. The number of aromatic nitrogens is 7. The van der Waals surface area contributed by atoms with Crippen LogP contribution in [0.15, 0.2) is 95.9 Å². The minimum atomic E-state index is -0.0159. The molecule has 8 nitrogen and oxygen atoms in total. The Hall–Kier alpha value is -4.85. The SMILES string of the molecule is CCCCc1nc2ccn(Cc3ccccc3)c(=O)c2n1Cc1ccc(-c2ccccc2-c2nnn[nH]2)cc1. The number of hydrogen-bond donors (Lipinski definition) is 1. The number of nitrogens with one attached hydrogen (secondary N) is 1. The highest BCUT2D eigenvalue weighted by Gasteiger charge is 2.16. The van der Waals surface area contributed by atoms with Crippen LogP contribution >= 0.6 is 0 Å². The smallest absolute Gasteiger partial charge is 0.277 e. The van der Waals surface area contributed by atoms with Crippen LogP contribution in [0.25, 0.3) is 33.5 Å². The van der Waals surface area contributed by atoms with E-state index in [9.17, 15) is 4.79 Å². The van der Waals surface area contributed by atoms with Crippen molar-refractivity contribution in [1.82, 2.24) is 34.7 Å². The molecule has 0 spiro atoms. The molecular weight excluding hydrogens is 486 g/mol. The standard InChI is InChI=1S/C31H29N7O/c1-2-3-13-28-32-27-18-19-37(20-22-9-5-4-6-10-22)31(39)29(27)38(28)21-23-14-16-24(17-15-23)25-11-7-8-12-26(25)30-33-35-36-34-30/h4-12,14-19H,2-3,13,20-21H2,1H3,(H,33,34,35,36). The van der Waals surface area contributed by atoms with Crippen molar-refractivity contribution in [2.45, 2.75) is 39.3 Å². The van der Waals surface area contributed by atoms with E-state index in [-0.39, 0.29) is 5.56 Å². The molecule has 0 bridgehead atoms. The Morgan fingerprint density at radius 1 is 0.821 bits per heavy atom. The molecule has 39 heavy (non-hydrogen) atoms. The molecule has 0 radical (unpaired) electrons. The fourth-order valence-electron chi connectivity index (χ4n) is 5.01. The molecule has 6 rings (SSSR count). The maximum absolute atomic E-state index is 13.7. The lowest BCUT2D eigenvalue weighted by Gasteiger charge is -2.12. The number of aromatic amines is 1. The summed E-state index contributed by atoms with van der Waals surface area (Å²) in [6.07, 6.45) is 4.78. The average molecular weight is 516 g/mol. The van der Waals surface area contributed by atoms with Gasteiger partial charge in [0.15, 0.2) is 5.82 Å². The van der Waals surface area contributed by atoms with E-state index < -0.39 is 0 Å². The largest absolute Gasteiger partial charge is 0.319 e. The molecule has 0 aliphatic heterocycles. The molecule has 1 N–H and O–H groups in total. The predicted molar refractivity (Wildman–Crippen MR) is 152 cm³/mol. The number of benzene rings is 3. The van der Waals surface area contributed by atoms with Crippen molar-refractivity contribution >= 4 is 11.0 Å². The van der Waals surface area contributed by atoms with Crippen molar-refractivity contribution in [3.8, 4) is 22.5 Å². The van der Waals surface area contributed by atoms with Crippen molar-refractivity contribution in [3.05, 3.63) is 118 Å². The van der Waals surface area contributed by atoms with Gasteiger partial charge in [-0.1, -0.05) is 92.2 Å². The summed E-state index contributed by atoms with van der Waals surface area (Å²) in [7, 11) is 0. The van der Waals surface area contributed by atoms with Crippen LogP contribution in [0.3, 0.4) is 0 Å². The topological polar surface area (TPSA) is 94.3 Å². The van der Waals surface area contributed by atoms with Gasteiger partial charge in [-0.3, -0.25) is 4.79 Å². The molecule has 194 valence electrons. The maximum atomic E-state index is 13.7. The highest BCUT2D eigenvalue weighted by atomic mass is 16.1. The molecule has 3 aromatic carbocycles. The van der Waals surface area contributed by atoms with Gasteiger partial charge in [0.05, 0.1) is 12.1 Å². The van der Waals surface area contributed by atoms with Crippen LogP contribution in [0.2, 0.25) is 0 Å². The molecule has 0 saturated heterocycles. The zero-order chi connectivity index (χ0) is 26.6. The fraction of sp³-hybridized carbons (Fsp3) is 0.194. The summed E-state index contributed by atoms with van der Waals surface area (Å²) in [5.41, 5.74) is 6.64. The minimum absolute atomic E-state index is 0.0159. The Kier molecular flexibility index (Phi) is 6.82. The summed E-state index contributed by atoms with van der Waals surface area (Å²) in [4.78, 5) is 18.6. The van der Waals surface area contributed by atoms with Gasteiger partial charge in [-0.15, -0.1) is 5.10 Å². The van der Waals surface area contributed by atoms with Gasteiger partial charge in [0.25, 0.3) is 5.56 Å². The number of unbranched alkanes of at least 4 members (excludes halogenated alkanes) is 1. The summed E-state index contributed by atoms with van der Waals surface area (Å²) in [5, 5.41) is 14.4. The summed E-state index contributed by atoms with van der Waals surface area (Å²) in [6.45, 7) is 3.28. The van der Waals surface area contributed by atoms with E-state index in [1.807, 2.05) is 60.8 Å². The third-order valence-corrected chi connectivity index (χ3v) is 7.03. The lowest BCUT2D eigenvalue weighted by Crippen LogP contribution is -2.22. The van der Waals surface area contributed by atoms with Crippen LogP contribution < -0.4 is 5.56 Å². The van der Waals surface area contributed by atoms with Gasteiger partial charge in [0.2, 0.25) is 0 Å². The second-order valence-corrected chi connectivity index (χ2v) is 9.68. The van der Waals surface area contributed by atoms with Gasteiger partial charge in [-0.2, -0.15) is 0 Å². The molecule has 0 amide bonds. The Morgan fingerprint density at radius 3 is 2.31 bits per heavy atom. The summed E-state index contributed by atoms with van der Waals surface area (Å²) in [5.74, 6) is 1.58. The van der Waals surface area contributed by atoms with E-state index in [0.717, 1.165) is 58.4 Å². The second kappa shape index (κ2) is 10.9. The number of aryl methyl sites for hydroxylation is 1. The quantitative estimate of drug-likeness (QED) is 0.275. The molecule has 0 fully saturated rings. The summed E-state index contributed by atoms with van der Waals surface area (Å²) in [6, 6.07) is 28.5. The van der Waals surface area contributed by atoms with Gasteiger partial charge < -0.3 is 9.13 Å². The van der Waals surface area contributed by atoms with Crippen LogP contribution in [0, 0.1) is 0 Å². The number of H-pyrrole nitrogens is 1. The van der Waals surface area contributed by atoms with E-state index >= 15 is 0 Å². The van der Waals surface area contributed by atoms with Gasteiger partial charge in [-0.05, 0) is 45.2 Å². The highest BCUT2D eigenvalue weighted by Crippen LogP contribution is 2.30. The third-order valence-electron chi connectivity index (χ3n) is 7.03. The maximum Gasteiger partial charge on any atom is 0.277 e. The Bertz CT molecular complexity index is 1750. The molecule has 3 heterocycles. The van der Waals surface area contributed by atoms with Crippen LogP contribution in [-0.2, 0) is 19.5 Å². The van der Waals surface area contributed by atoms with E-state index in [1.165, 1.54) is 0 Å². The molecular formula is C31H29N7O. The van der Waals surface area contributed by atoms with E-state index in [2.05, 4.69) is 62.4 Å². The second-order valence-electron chi connectivity index (χ2n) is 9.68. The third kappa shape index (κ3) is 5.01. The monoisotopic (exact) mass is 515 g/mol. The lowest BCUT2D eigenvalue weighted by molar-refractivity contribution is 0.684. The van der Waals surface area contributed by atoms with Crippen LogP contribution in [0.5, 0.6) is 0 Å². The zero-order valence-corrected chi connectivity index (χ0v) is 21.8. The molecule has 0 unspecified atom stereocenters. The van der Waals surface area contributed by atoms with Crippen molar-refractivity contribution < 1.29 is 0 Å². The van der Waals surface area contributed by atoms with Gasteiger partial charge in [-0.25, -0.2) is 10.1 Å². The van der Waals surface area contributed by atoms with E-state index in [1.54, 1.807) is 4.57 Å². The predicted octanol–water partition coefficient (Wildman–Crippen LogP) is 5.48. The summed E-state index contributed by atoms with van der Waals surface area (Å²) < 4.78 is 3.88. The number of pyridine rings is 1. The fourth-order valence-corrected chi connectivity index (χ4v) is 5.01. The first kappa shape index (κ1) is 24.5. The number of tetrazole rings is 1. The molecule has 0 aliphatic rings. The Morgan fingerprint density at radius 2 is 1.56 bits per heavy atom. The average Bonchev–Trinajstić information content (AvgIpc) is 3.63. The van der Waals surface area contributed by atoms with Crippen molar-refractivity contribution in [3.63, 3.8) is 0 Å². The van der Waals surface area contributed by atoms with Gasteiger partial charge in [0, 0.05) is 24.7 Å². The molecule has 3 aromatic heterocycles. The normalized spacial score (nSPS) is 11.3. The Labute approximate surface area is 226 Å². The van der Waals surface area contributed by atoms with Crippen molar-refractivity contribution in [1.29, 1.82) is 0 Å². The van der Waals surface area contributed by atoms with E-state index in [0.29, 0.717) is 24.4 Å². The van der Waals surface area contributed by atoms with Gasteiger partial charge >= 0.3 is 0 Å². The van der Waals surface area contributed by atoms with E-state index in [4.69, 9.17) is 4.98 Å². The molecule has 6 aromatic rings. The Balaban J connectivity index is 1.36. The highest BCUT2D eigenvalue weighted by molar-refractivity contribution is 5.80. The number of imidazole rings is 1. The number of nitrogens with zero attached hydrogens (tertiary/aromatic N) is 6. The molecule has 0 saturated carbocycles. The van der Waals surface area contributed by atoms with Crippen LogP contribution in [0.4, 0.5) is 0 Å². The zero-order valence-electron chi connectivity index (χ0n) is 21.8. The number of hydrogen-bond acceptors (Lipinski definition) is 5.